The molecule has 1 N–H and O–H groups in total. The molecule has 0 saturated heterocycles. The van der Waals surface area contributed by atoms with E-state index < -0.39 is 10.0 Å². The number of nitrogens with zero attached hydrogens (tertiary/aromatic N) is 1. The van der Waals surface area contributed by atoms with Gasteiger partial charge in [-0.15, -0.1) is 0 Å². The van der Waals surface area contributed by atoms with Crippen molar-refractivity contribution >= 4 is 10.0 Å². The molecule has 1 aromatic carbocycles. The summed E-state index contributed by atoms with van der Waals surface area (Å²) >= 11 is 0. The van der Waals surface area contributed by atoms with Crippen LogP contribution >= 0.6 is 0 Å². The summed E-state index contributed by atoms with van der Waals surface area (Å²) in [4.78, 5) is 4.24. The zero-order valence-electron chi connectivity index (χ0n) is 14.3. The highest BCUT2D eigenvalue weighted by molar-refractivity contribution is 7.89. The Bertz CT molecular complexity index is 985. The lowest BCUT2D eigenvalue weighted by Gasteiger charge is -2.12. The molecule has 0 aliphatic carbocycles. The van der Waals surface area contributed by atoms with Gasteiger partial charge in [-0.05, 0) is 42.0 Å². The first-order valence-corrected chi connectivity index (χ1v) is 9.22. The third-order valence-corrected chi connectivity index (χ3v) is 5.15. The number of furan rings is 1. The monoisotopic (exact) mass is 374 g/mol. The number of pyridine rings is 1. The molecule has 0 amide bonds. The summed E-state index contributed by atoms with van der Waals surface area (Å²) in [5.74, 6) is 1.28. The Morgan fingerprint density at radius 3 is 2.65 bits per heavy atom. The number of methoxy groups -OCH3 is 2. The minimum absolute atomic E-state index is 0.0136. The number of hydrogen-bond donors (Lipinski definition) is 1. The van der Waals surface area contributed by atoms with Crippen LogP contribution in [0, 0.1) is 0 Å². The van der Waals surface area contributed by atoms with Crippen LogP contribution in [0.25, 0.3) is 11.5 Å². The van der Waals surface area contributed by atoms with Crippen LogP contribution in [-0.4, -0.2) is 27.6 Å². The molecule has 8 heteroatoms. The molecule has 2 aromatic heterocycles. The molecule has 0 aliphatic rings. The smallest absolute Gasteiger partial charge is 0.244 e. The van der Waals surface area contributed by atoms with Gasteiger partial charge >= 0.3 is 0 Å². The van der Waals surface area contributed by atoms with Gasteiger partial charge < -0.3 is 13.9 Å². The lowest BCUT2D eigenvalue weighted by Crippen LogP contribution is -2.23. The van der Waals surface area contributed by atoms with Crippen molar-refractivity contribution in [2.45, 2.75) is 11.4 Å². The van der Waals surface area contributed by atoms with Crippen molar-refractivity contribution in [3.63, 3.8) is 0 Å². The van der Waals surface area contributed by atoms with Gasteiger partial charge in [0.15, 0.2) is 5.76 Å². The Morgan fingerprint density at radius 1 is 1.12 bits per heavy atom. The zero-order chi connectivity index (χ0) is 18.6. The summed E-state index contributed by atoms with van der Waals surface area (Å²) < 4.78 is 43.5. The van der Waals surface area contributed by atoms with Gasteiger partial charge in [0.05, 0.1) is 20.5 Å². The molecule has 0 fully saturated rings. The van der Waals surface area contributed by atoms with E-state index in [4.69, 9.17) is 13.9 Å². The average Bonchev–Trinajstić information content (AvgIpc) is 3.21. The van der Waals surface area contributed by atoms with Crippen LogP contribution in [0.2, 0.25) is 0 Å². The molecular formula is C18H18N2O5S. The van der Waals surface area contributed by atoms with Crippen molar-refractivity contribution in [3.8, 4) is 23.0 Å². The van der Waals surface area contributed by atoms with E-state index in [0.717, 1.165) is 5.56 Å². The molecule has 0 atom stereocenters. The average molecular weight is 374 g/mol. The Balaban J connectivity index is 1.82. The number of nitrogens with one attached hydrogen (secondary N) is 1. The molecule has 136 valence electrons. The first-order chi connectivity index (χ1) is 12.5. The highest BCUT2D eigenvalue weighted by Gasteiger charge is 2.20. The van der Waals surface area contributed by atoms with Crippen molar-refractivity contribution in [2.24, 2.45) is 0 Å². The molecule has 0 radical (unpaired) electrons. The minimum Gasteiger partial charge on any atom is -0.497 e. The highest BCUT2D eigenvalue weighted by atomic mass is 32.2. The van der Waals surface area contributed by atoms with Crippen molar-refractivity contribution in [2.75, 3.05) is 14.2 Å². The largest absolute Gasteiger partial charge is 0.497 e. The molecule has 7 nitrogen and oxygen atoms in total. The summed E-state index contributed by atoms with van der Waals surface area (Å²) in [6.45, 7) is 0.0962. The number of rotatable bonds is 7. The van der Waals surface area contributed by atoms with E-state index in [1.807, 2.05) is 0 Å². The summed E-state index contributed by atoms with van der Waals surface area (Å²) in [5.41, 5.74) is 1.38. The van der Waals surface area contributed by atoms with Gasteiger partial charge in [0, 0.05) is 18.8 Å². The van der Waals surface area contributed by atoms with Gasteiger partial charge in [-0.2, -0.15) is 0 Å². The number of hydrogen-bond acceptors (Lipinski definition) is 6. The van der Waals surface area contributed by atoms with E-state index in [2.05, 4.69) is 9.71 Å². The van der Waals surface area contributed by atoms with Crippen molar-refractivity contribution in [3.05, 3.63) is 60.5 Å². The van der Waals surface area contributed by atoms with Gasteiger partial charge in [0.1, 0.15) is 22.1 Å². The molecular weight excluding hydrogens is 356 g/mol. The maximum absolute atomic E-state index is 12.7. The third-order valence-electron chi connectivity index (χ3n) is 3.72. The Kier molecular flexibility index (Phi) is 5.24. The topological polar surface area (TPSA) is 90.7 Å². The number of sulfonamides is 1. The first-order valence-electron chi connectivity index (χ1n) is 7.74. The van der Waals surface area contributed by atoms with E-state index in [0.29, 0.717) is 17.2 Å². The molecule has 26 heavy (non-hydrogen) atoms. The third kappa shape index (κ3) is 3.87. The summed E-state index contributed by atoms with van der Waals surface area (Å²) in [7, 11) is -0.912. The van der Waals surface area contributed by atoms with Gasteiger partial charge in [0.2, 0.25) is 10.0 Å². The normalized spacial score (nSPS) is 11.3. The maximum Gasteiger partial charge on any atom is 0.244 e. The second-order valence-electron chi connectivity index (χ2n) is 5.37. The molecule has 2 heterocycles. The van der Waals surface area contributed by atoms with Gasteiger partial charge in [-0.25, -0.2) is 13.1 Å². The molecule has 3 aromatic rings. The SMILES string of the molecule is COc1ccc(OC)c(S(=O)(=O)NCc2ccnc(-c3ccco3)c2)c1. The molecule has 0 spiro atoms. The fourth-order valence-electron chi connectivity index (χ4n) is 2.39. The Hall–Kier alpha value is -2.84. The van der Waals surface area contributed by atoms with Gasteiger partial charge in [0.25, 0.3) is 0 Å². The van der Waals surface area contributed by atoms with Crippen LogP contribution in [0.1, 0.15) is 5.56 Å². The van der Waals surface area contributed by atoms with E-state index in [1.54, 1.807) is 48.9 Å². The van der Waals surface area contributed by atoms with Crippen molar-refractivity contribution in [1.82, 2.24) is 9.71 Å². The summed E-state index contributed by atoms with van der Waals surface area (Å²) in [6.07, 6.45) is 3.16. The van der Waals surface area contributed by atoms with E-state index in [-0.39, 0.29) is 17.2 Å². The van der Waals surface area contributed by atoms with Crippen molar-refractivity contribution in [1.29, 1.82) is 0 Å². The van der Waals surface area contributed by atoms with E-state index >= 15 is 0 Å². The summed E-state index contributed by atoms with van der Waals surface area (Å²) in [5, 5.41) is 0. The lowest BCUT2D eigenvalue weighted by molar-refractivity contribution is 0.392. The molecule has 3 rings (SSSR count). The number of ether oxygens (including phenoxy) is 2. The second-order valence-corrected chi connectivity index (χ2v) is 7.10. The quantitative estimate of drug-likeness (QED) is 0.684. The predicted molar refractivity (Wildman–Crippen MR) is 95.5 cm³/mol. The van der Waals surface area contributed by atoms with Crippen LogP contribution in [0.15, 0.2) is 64.2 Å². The van der Waals surface area contributed by atoms with Gasteiger partial charge in [-0.1, -0.05) is 0 Å². The van der Waals surface area contributed by atoms with Crippen LogP contribution in [0.3, 0.4) is 0 Å². The Labute approximate surface area is 151 Å². The van der Waals surface area contributed by atoms with Crippen LogP contribution in [-0.2, 0) is 16.6 Å². The standard InChI is InChI=1S/C18H18N2O5S/c1-23-14-5-6-17(24-2)18(11-14)26(21,22)20-12-13-7-8-19-15(10-13)16-4-3-9-25-16/h3-11,20H,12H2,1-2H3. The highest BCUT2D eigenvalue weighted by Crippen LogP contribution is 2.28. The fourth-order valence-corrected chi connectivity index (χ4v) is 3.59. The lowest BCUT2D eigenvalue weighted by atomic mass is 10.2. The van der Waals surface area contributed by atoms with Gasteiger partial charge in [-0.3, -0.25) is 4.98 Å². The second kappa shape index (κ2) is 7.59. The number of benzene rings is 1. The van der Waals surface area contributed by atoms with Crippen LogP contribution < -0.4 is 14.2 Å². The summed E-state index contributed by atoms with van der Waals surface area (Å²) in [6, 6.07) is 11.7. The number of aromatic nitrogens is 1. The molecule has 0 saturated carbocycles. The van der Waals surface area contributed by atoms with Crippen molar-refractivity contribution < 1.29 is 22.3 Å². The minimum atomic E-state index is -3.80. The van der Waals surface area contributed by atoms with Crippen LogP contribution in [0.4, 0.5) is 0 Å². The zero-order valence-corrected chi connectivity index (χ0v) is 15.1. The van der Waals surface area contributed by atoms with E-state index in [9.17, 15) is 8.42 Å². The Morgan fingerprint density at radius 2 is 1.96 bits per heavy atom. The molecule has 0 aliphatic heterocycles. The maximum atomic E-state index is 12.7. The molecule has 0 bridgehead atoms. The van der Waals surface area contributed by atoms with Crippen LogP contribution in [0.5, 0.6) is 11.5 Å². The van der Waals surface area contributed by atoms with E-state index in [1.165, 1.54) is 20.3 Å². The first kappa shape index (κ1) is 18.0. The molecule has 0 unspecified atom stereocenters. The fraction of sp³-hybridized carbons (Fsp3) is 0.167. The predicted octanol–water partition coefficient (Wildman–Crippen LogP) is 2.84.